The van der Waals surface area contributed by atoms with E-state index in [2.05, 4.69) is 35.2 Å². The molecule has 184 valence electrons. The predicted octanol–water partition coefficient (Wildman–Crippen LogP) is 4.94. The second-order valence-corrected chi connectivity index (χ2v) is 10.1. The zero-order valence-corrected chi connectivity index (χ0v) is 21.5. The lowest BCUT2D eigenvalue weighted by molar-refractivity contribution is -0.142. The van der Waals surface area contributed by atoms with E-state index in [9.17, 15) is 14.9 Å². The van der Waals surface area contributed by atoms with Crippen LogP contribution in [0.1, 0.15) is 53.2 Å². The molecule has 4 aromatic rings. The number of hydrogen-bond acceptors (Lipinski definition) is 10. The van der Waals surface area contributed by atoms with Crippen molar-refractivity contribution in [3.8, 4) is 17.2 Å². The highest BCUT2D eigenvalue weighted by atomic mass is 32.1. The second-order valence-electron chi connectivity index (χ2n) is 8.24. The lowest BCUT2D eigenvalue weighted by atomic mass is 9.94. The second kappa shape index (κ2) is 10.3. The summed E-state index contributed by atoms with van der Waals surface area (Å²) in [5, 5.41) is 15.1. The van der Waals surface area contributed by atoms with E-state index in [4.69, 9.17) is 16.2 Å². The van der Waals surface area contributed by atoms with Crippen LogP contribution < -0.4 is 16.8 Å². The Hall–Kier alpha value is -4.01. The third kappa shape index (κ3) is 4.86. The molecule has 11 heteroatoms. The Morgan fingerprint density at radius 1 is 1.19 bits per heavy atom. The summed E-state index contributed by atoms with van der Waals surface area (Å²) in [5.41, 5.74) is 16.0. The van der Waals surface area contributed by atoms with Crippen LogP contribution in [0.25, 0.3) is 21.3 Å². The molecule has 9 nitrogen and oxygen atoms in total. The summed E-state index contributed by atoms with van der Waals surface area (Å²) in [6, 6.07) is 9.97. The fourth-order valence-electron chi connectivity index (χ4n) is 3.73. The molecule has 0 unspecified atom stereocenters. The number of nitrogens with one attached hydrogen (secondary N) is 1. The van der Waals surface area contributed by atoms with Gasteiger partial charge in [0.1, 0.15) is 27.2 Å². The number of amides is 1. The van der Waals surface area contributed by atoms with Crippen LogP contribution in [0.4, 0.5) is 16.6 Å². The van der Waals surface area contributed by atoms with Crippen molar-refractivity contribution >= 4 is 61.4 Å². The number of carbonyl (C=O) groups excluding carboxylic acids is 2. The number of aromatic nitrogens is 2. The van der Waals surface area contributed by atoms with Crippen molar-refractivity contribution < 1.29 is 14.3 Å². The van der Waals surface area contributed by atoms with Crippen molar-refractivity contribution in [1.29, 1.82) is 5.26 Å². The van der Waals surface area contributed by atoms with Gasteiger partial charge in [-0.3, -0.25) is 14.9 Å². The first kappa shape index (κ1) is 25.1. The summed E-state index contributed by atoms with van der Waals surface area (Å²) in [5.74, 6) is -0.432. The molecule has 0 saturated heterocycles. The molecule has 0 aliphatic heterocycles. The molecule has 3 aromatic heterocycles. The molecule has 5 N–H and O–H groups in total. The van der Waals surface area contributed by atoms with E-state index in [1.165, 1.54) is 11.3 Å². The fraction of sp³-hybridized carbons (Fsp3) is 0.240. The minimum Gasteiger partial charge on any atom is -0.466 e. The summed E-state index contributed by atoms with van der Waals surface area (Å²) in [4.78, 5) is 34.1. The first-order chi connectivity index (χ1) is 17.2. The van der Waals surface area contributed by atoms with E-state index >= 15 is 0 Å². The number of carbonyl (C=O) groups is 2. The number of fused-ring (bicyclic) bond motifs is 1. The normalized spacial score (nSPS) is 11.0. The van der Waals surface area contributed by atoms with Gasteiger partial charge in [-0.15, -0.1) is 22.7 Å². The van der Waals surface area contributed by atoms with Crippen molar-refractivity contribution in [1.82, 2.24) is 9.97 Å². The molecule has 1 amide bonds. The number of nitrogens with zero attached hydrogens (tertiary/aromatic N) is 3. The molecule has 4 rings (SSSR count). The van der Waals surface area contributed by atoms with Crippen LogP contribution in [-0.2, 0) is 16.0 Å². The third-order valence-electron chi connectivity index (χ3n) is 5.49. The molecule has 3 heterocycles. The predicted molar refractivity (Wildman–Crippen MR) is 143 cm³/mol. The van der Waals surface area contributed by atoms with E-state index < -0.39 is 5.91 Å². The number of hydrogen-bond donors (Lipinski definition) is 3. The summed E-state index contributed by atoms with van der Waals surface area (Å²) >= 11 is 2.28. The van der Waals surface area contributed by atoms with Crippen LogP contribution in [0.2, 0.25) is 0 Å². The standard InChI is InChI=1S/C25H24N6O3S2/c1-4-34-17(32)9-15-11-35-25(29-15)31-23(33)21-20(27)19-18(14-7-5-13(6-8-14)12(2)3)16(10-26)22(28)30-24(19)36-21/h5-8,11-12H,4,9,27H2,1-3H3,(H2,28,30)(H,29,31,33). The molecule has 1 aromatic carbocycles. The number of nitrogens with two attached hydrogens (primary N) is 2. The number of nitriles is 1. The Labute approximate surface area is 215 Å². The number of benzene rings is 1. The first-order valence-electron chi connectivity index (χ1n) is 11.2. The van der Waals surface area contributed by atoms with E-state index in [1.54, 1.807) is 12.3 Å². The van der Waals surface area contributed by atoms with Crippen LogP contribution in [0, 0.1) is 11.3 Å². The monoisotopic (exact) mass is 520 g/mol. The SMILES string of the molecule is CCOC(=O)Cc1csc(NC(=O)c2sc3nc(N)c(C#N)c(-c4ccc(C(C)C)cc4)c3c2N)n1. The number of rotatable bonds is 7. The summed E-state index contributed by atoms with van der Waals surface area (Å²) in [7, 11) is 0. The highest BCUT2D eigenvalue weighted by Crippen LogP contribution is 2.43. The van der Waals surface area contributed by atoms with Gasteiger partial charge < -0.3 is 16.2 Å². The molecular formula is C25H24N6O3S2. The van der Waals surface area contributed by atoms with Gasteiger partial charge in [0, 0.05) is 16.3 Å². The maximum atomic E-state index is 13.1. The quantitative estimate of drug-likeness (QED) is 0.289. The Kier molecular flexibility index (Phi) is 7.19. The molecular weight excluding hydrogens is 496 g/mol. The van der Waals surface area contributed by atoms with Gasteiger partial charge in [-0.2, -0.15) is 5.26 Å². The largest absolute Gasteiger partial charge is 0.466 e. The number of ether oxygens (including phenoxy) is 1. The Morgan fingerprint density at radius 2 is 1.92 bits per heavy atom. The number of pyridine rings is 1. The lowest BCUT2D eigenvalue weighted by Gasteiger charge is -2.11. The Morgan fingerprint density at radius 3 is 2.56 bits per heavy atom. The molecule has 0 radical (unpaired) electrons. The van der Waals surface area contributed by atoms with Crippen LogP contribution in [0.5, 0.6) is 0 Å². The van der Waals surface area contributed by atoms with Crippen molar-refractivity contribution in [2.24, 2.45) is 0 Å². The minimum atomic E-state index is -0.467. The van der Waals surface area contributed by atoms with Gasteiger partial charge in [0.2, 0.25) is 0 Å². The Bertz CT molecular complexity index is 1500. The number of nitrogen functional groups attached to an aromatic ring is 2. The zero-order chi connectivity index (χ0) is 26.0. The lowest BCUT2D eigenvalue weighted by Crippen LogP contribution is -2.12. The molecule has 0 aliphatic carbocycles. The van der Waals surface area contributed by atoms with Gasteiger partial charge in [0.15, 0.2) is 5.13 Å². The van der Waals surface area contributed by atoms with Crippen molar-refractivity contribution in [3.63, 3.8) is 0 Å². The summed E-state index contributed by atoms with van der Waals surface area (Å²) in [6.45, 7) is 6.21. The van der Waals surface area contributed by atoms with Crippen molar-refractivity contribution in [3.05, 3.63) is 51.3 Å². The molecule has 0 fully saturated rings. The number of thiophene rings is 1. The van der Waals surface area contributed by atoms with E-state index in [0.717, 1.165) is 22.5 Å². The summed E-state index contributed by atoms with van der Waals surface area (Å²) < 4.78 is 4.93. The molecule has 0 aliphatic rings. The van der Waals surface area contributed by atoms with Crippen LogP contribution in [0.3, 0.4) is 0 Å². The molecule has 0 saturated carbocycles. The number of anilines is 3. The molecule has 0 bridgehead atoms. The number of esters is 1. The maximum Gasteiger partial charge on any atom is 0.311 e. The highest BCUT2D eigenvalue weighted by molar-refractivity contribution is 7.21. The van der Waals surface area contributed by atoms with Crippen molar-refractivity contribution in [2.75, 3.05) is 23.4 Å². The van der Waals surface area contributed by atoms with Gasteiger partial charge in [-0.25, -0.2) is 9.97 Å². The average molecular weight is 521 g/mol. The van der Waals surface area contributed by atoms with Gasteiger partial charge in [-0.05, 0) is 24.0 Å². The average Bonchev–Trinajstić information content (AvgIpc) is 3.41. The minimum absolute atomic E-state index is 0.0182. The highest BCUT2D eigenvalue weighted by Gasteiger charge is 2.25. The molecule has 0 spiro atoms. The first-order valence-corrected chi connectivity index (χ1v) is 12.9. The van der Waals surface area contributed by atoms with Gasteiger partial charge >= 0.3 is 5.97 Å². The molecule has 0 atom stereocenters. The smallest absolute Gasteiger partial charge is 0.311 e. The summed E-state index contributed by atoms with van der Waals surface area (Å²) in [6.07, 6.45) is 0.0182. The van der Waals surface area contributed by atoms with Crippen LogP contribution in [-0.4, -0.2) is 28.5 Å². The topological polar surface area (TPSA) is 157 Å². The fourth-order valence-corrected chi connectivity index (χ4v) is 5.45. The zero-order valence-electron chi connectivity index (χ0n) is 19.9. The van der Waals surface area contributed by atoms with E-state index in [1.807, 2.05) is 24.3 Å². The van der Waals surface area contributed by atoms with Crippen LogP contribution in [0.15, 0.2) is 29.6 Å². The van der Waals surface area contributed by atoms with Crippen molar-refractivity contribution in [2.45, 2.75) is 33.1 Å². The molecule has 36 heavy (non-hydrogen) atoms. The van der Waals surface area contributed by atoms with E-state index in [-0.39, 0.29) is 40.9 Å². The maximum absolute atomic E-state index is 13.1. The number of thiazole rings is 1. The van der Waals surface area contributed by atoms with Crippen LogP contribution >= 0.6 is 22.7 Å². The van der Waals surface area contributed by atoms with Gasteiger partial charge in [0.05, 0.1) is 24.4 Å². The Balaban J connectivity index is 1.72. The van der Waals surface area contributed by atoms with Gasteiger partial charge in [-0.1, -0.05) is 38.1 Å². The third-order valence-corrected chi connectivity index (χ3v) is 7.40. The van der Waals surface area contributed by atoms with Gasteiger partial charge in [0.25, 0.3) is 5.91 Å². The van der Waals surface area contributed by atoms with E-state index in [0.29, 0.717) is 32.5 Å².